The Kier molecular flexibility index (Phi) is 4.25. The van der Waals surface area contributed by atoms with Crippen LogP contribution in [0.1, 0.15) is 26.7 Å². The second-order valence-electron chi connectivity index (χ2n) is 6.03. The van der Waals surface area contributed by atoms with Crippen LogP contribution in [0.2, 0.25) is 0 Å². The van der Waals surface area contributed by atoms with Crippen molar-refractivity contribution < 1.29 is 14.6 Å². The van der Waals surface area contributed by atoms with E-state index >= 15 is 0 Å². The van der Waals surface area contributed by atoms with Gasteiger partial charge in [0.05, 0.1) is 24.9 Å². The lowest BCUT2D eigenvalue weighted by Crippen LogP contribution is -2.57. The fraction of sp³-hybridized carbons (Fsp3) is 0.923. The summed E-state index contributed by atoms with van der Waals surface area (Å²) in [5.41, 5.74) is -0.377. The molecule has 1 saturated carbocycles. The summed E-state index contributed by atoms with van der Waals surface area (Å²) in [4.78, 5) is 13.9. The van der Waals surface area contributed by atoms with Gasteiger partial charge in [-0.15, -0.1) is 0 Å². The average Bonchev–Trinajstić information content (AvgIpc) is 3.10. The summed E-state index contributed by atoms with van der Waals surface area (Å²) >= 11 is 0. The van der Waals surface area contributed by atoms with E-state index in [0.717, 1.165) is 12.5 Å². The molecular formula is C13H24N2O3. The highest BCUT2D eigenvalue weighted by atomic mass is 16.5. The highest BCUT2D eigenvalue weighted by Crippen LogP contribution is 2.27. The maximum absolute atomic E-state index is 12.1. The van der Waals surface area contributed by atoms with Crippen LogP contribution in [-0.2, 0) is 9.53 Å². The first kappa shape index (κ1) is 13.8. The molecule has 5 heteroatoms. The Morgan fingerprint density at radius 1 is 1.50 bits per heavy atom. The van der Waals surface area contributed by atoms with Crippen LogP contribution < -0.4 is 5.32 Å². The van der Waals surface area contributed by atoms with E-state index in [1.807, 2.05) is 13.8 Å². The van der Waals surface area contributed by atoms with E-state index in [1.165, 1.54) is 12.8 Å². The fourth-order valence-electron chi connectivity index (χ4n) is 2.40. The van der Waals surface area contributed by atoms with E-state index in [0.29, 0.717) is 19.6 Å². The van der Waals surface area contributed by atoms with E-state index < -0.39 is 0 Å². The van der Waals surface area contributed by atoms with Gasteiger partial charge in [-0.3, -0.25) is 4.79 Å². The molecule has 1 aliphatic heterocycles. The predicted molar refractivity (Wildman–Crippen MR) is 68.2 cm³/mol. The summed E-state index contributed by atoms with van der Waals surface area (Å²) in [6, 6.07) is 0. The van der Waals surface area contributed by atoms with Crippen LogP contribution in [0, 0.1) is 5.92 Å². The van der Waals surface area contributed by atoms with Gasteiger partial charge in [0.2, 0.25) is 5.91 Å². The lowest BCUT2D eigenvalue weighted by Gasteiger charge is -2.42. The van der Waals surface area contributed by atoms with Crippen LogP contribution in [0.5, 0.6) is 0 Å². The number of amides is 1. The maximum Gasteiger partial charge on any atom is 0.236 e. The molecule has 2 fully saturated rings. The number of nitrogens with one attached hydrogen (secondary N) is 1. The lowest BCUT2D eigenvalue weighted by molar-refractivity contribution is -0.166. The number of aliphatic hydroxyl groups excluding tert-OH is 1. The number of aliphatic hydroxyl groups is 1. The Morgan fingerprint density at radius 3 is 2.83 bits per heavy atom. The third kappa shape index (κ3) is 3.93. The highest BCUT2D eigenvalue weighted by Gasteiger charge is 2.35. The molecule has 1 amide bonds. The molecule has 2 rings (SSSR count). The molecule has 1 unspecified atom stereocenters. The van der Waals surface area contributed by atoms with Gasteiger partial charge in [0.15, 0.2) is 0 Å². The third-order valence-electron chi connectivity index (χ3n) is 3.44. The topological polar surface area (TPSA) is 61.8 Å². The van der Waals surface area contributed by atoms with Crippen LogP contribution in [-0.4, -0.2) is 60.4 Å². The first-order chi connectivity index (χ1) is 8.50. The van der Waals surface area contributed by atoms with E-state index in [4.69, 9.17) is 4.74 Å². The third-order valence-corrected chi connectivity index (χ3v) is 3.44. The molecular weight excluding hydrogens is 232 g/mol. The second-order valence-corrected chi connectivity index (χ2v) is 6.03. The standard InChI is InChI=1S/C13H24N2O3/c1-13(2)9-15(7-11(8-16)18-13)12(17)6-14-5-10-3-4-10/h10-11,14,16H,3-9H2,1-2H3. The quantitative estimate of drug-likeness (QED) is 0.726. The summed E-state index contributed by atoms with van der Waals surface area (Å²) < 4.78 is 5.69. The van der Waals surface area contributed by atoms with E-state index in [1.54, 1.807) is 4.90 Å². The van der Waals surface area contributed by atoms with Crippen molar-refractivity contribution in [2.75, 3.05) is 32.8 Å². The van der Waals surface area contributed by atoms with E-state index in [-0.39, 0.29) is 24.2 Å². The monoisotopic (exact) mass is 256 g/mol. The molecule has 0 bridgehead atoms. The molecule has 2 aliphatic rings. The molecule has 0 radical (unpaired) electrons. The fourth-order valence-corrected chi connectivity index (χ4v) is 2.40. The van der Waals surface area contributed by atoms with Crippen LogP contribution in [0.25, 0.3) is 0 Å². The number of morpholine rings is 1. The number of hydrogen-bond acceptors (Lipinski definition) is 4. The number of hydrogen-bond donors (Lipinski definition) is 2. The summed E-state index contributed by atoms with van der Waals surface area (Å²) in [7, 11) is 0. The van der Waals surface area contributed by atoms with Crippen molar-refractivity contribution in [2.24, 2.45) is 5.92 Å². The zero-order valence-corrected chi connectivity index (χ0v) is 11.3. The number of carbonyl (C=O) groups excluding carboxylic acids is 1. The molecule has 2 N–H and O–H groups in total. The number of nitrogens with zero attached hydrogens (tertiary/aromatic N) is 1. The molecule has 0 aromatic heterocycles. The predicted octanol–water partition coefficient (Wildman–Crippen LogP) is -0.0157. The van der Waals surface area contributed by atoms with Gasteiger partial charge in [-0.1, -0.05) is 0 Å². The molecule has 5 nitrogen and oxygen atoms in total. The normalized spacial score (nSPS) is 27.3. The van der Waals surface area contributed by atoms with Crippen LogP contribution >= 0.6 is 0 Å². The SMILES string of the molecule is CC1(C)CN(C(=O)CNCC2CC2)CC(CO)O1. The van der Waals surface area contributed by atoms with E-state index in [9.17, 15) is 9.90 Å². The Balaban J connectivity index is 1.79. The first-order valence-electron chi connectivity index (χ1n) is 6.77. The van der Waals surface area contributed by atoms with Crippen molar-refractivity contribution in [1.82, 2.24) is 10.2 Å². The van der Waals surface area contributed by atoms with Crippen molar-refractivity contribution in [1.29, 1.82) is 0 Å². The van der Waals surface area contributed by atoms with Crippen LogP contribution in [0.4, 0.5) is 0 Å². The summed E-state index contributed by atoms with van der Waals surface area (Å²) in [5.74, 6) is 0.884. The largest absolute Gasteiger partial charge is 0.394 e. The van der Waals surface area contributed by atoms with Crippen molar-refractivity contribution in [3.8, 4) is 0 Å². The average molecular weight is 256 g/mol. The van der Waals surface area contributed by atoms with Crippen molar-refractivity contribution in [3.05, 3.63) is 0 Å². The molecule has 0 spiro atoms. The van der Waals surface area contributed by atoms with Crippen molar-refractivity contribution in [2.45, 2.75) is 38.4 Å². The summed E-state index contributed by atoms with van der Waals surface area (Å²) in [6.07, 6.45) is 2.32. The molecule has 1 atom stereocenters. The smallest absolute Gasteiger partial charge is 0.236 e. The Hall–Kier alpha value is -0.650. The molecule has 0 aromatic carbocycles. The van der Waals surface area contributed by atoms with E-state index in [2.05, 4.69) is 5.32 Å². The molecule has 104 valence electrons. The van der Waals surface area contributed by atoms with Crippen LogP contribution in [0.15, 0.2) is 0 Å². The second kappa shape index (κ2) is 5.55. The van der Waals surface area contributed by atoms with Gasteiger partial charge in [-0.05, 0) is 39.2 Å². The van der Waals surface area contributed by atoms with Crippen LogP contribution in [0.3, 0.4) is 0 Å². The lowest BCUT2D eigenvalue weighted by atomic mass is 10.1. The highest BCUT2D eigenvalue weighted by molar-refractivity contribution is 5.78. The number of ether oxygens (including phenoxy) is 1. The Bertz CT molecular complexity index is 303. The Labute approximate surface area is 108 Å². The van der Waals surface area contributed by atoms with Gasteiger partial charge < -0.3 is 20.1 Å². The van der Waals surface area contributed by atoms with Gasteiger partial charge in [0.1, 0.15) is 0 Å². The van der Waals surface area contributed by atoms with Gasteiger partial charge in [-0.25, -0.2) is 0 Å². The van der Waals surface area contributed by atoms with Crippen molar-refractivity contribution >= 4 is 5.91 Å². The molecule has 1 aliphatic carbocycles. The molecule has 1 saturated heterocycles. The van der Waals surface area contributed by atoms with Gasteiger partial charge in [0.25, 0.3) is 0 Å². The van der Waals surface area contributed by atoms with Gasteiger partial charge >= 0.3 is 0 Å². The minimum atomic E-state index is -0.377. The molecule has 0 aromatic rings. The minimum Gasteiger partial charge on any atom is -0.394 e. The minimum absolute atomic E-state index is 0.0390. The van der Waals surface area contributed by atoms with Gasteiger partial charge in [0, 0.05) is 13.1 Å². The van der Waals surface area contributed by atoms with Crippen molar-refractivity contribution in [3.63, 3.8) is 0 Å². The zero-order valence-electron chi connectivity index (χ0n) is 11.3. The molecule has 1 heterocycles. The Morgan fingerprint density at radius 2 is 2.22 bits per heavy atom. The number of carbonyl (C=O) groups is 1. The summed E-state index contributed by atoms with van der Waals surface area (Å²) in [5, 5.41) is 12.4. The zero-order chi connectivity index (χ0) is 13.2. The van der Waals surface area contributed by atoms with Gasteiger partial charge in [-0.2, -0.15) is 0 Å². The first-order valence-corrected chi connectivity index (χ1v) is 6.77. The summed E-state index contributed by atoms with van der Waals surface area (Å²) in [6.45, 7) is 6.28. The maximum atomic E-state index is 12.1. The number of rotatable bonds is 5. The molecule has 18 heavy (non-hydrogen) atoms.